The third kappa shape index (κ3) is 4.63. The summed E-state index contributed by atoms with van der Waals surface area (Å²) in [5, 5.41) is 27.6. The molecule has 8 nitrogen and oxygen atoms in total. The predicted molar refractivity (Wildman–Crippen MR) is 86.0 cm³/mol. The van der Waals surface area contributed by atoms with E-state index in [-0.39, 0.29) is 36.1 Å². The molecule has 26 heavy (non-hydrogen) atoms. The van der Waals surface area contributed by atoms with Crippen molar-refractivity contribution in [3.8, 4) is 5.75 Å². The molecule has 0 amide bonds. The number of hydrogen-bond donors (Lipinski definition) is 2. The molecule has 2 aromatic rings. The number of hydrogen-bond acceptors (Lipinski definition) is 6. The summed E-state index contributed by atoms with van der Waals surface area (Å²) in [5.41, 5.74) is -0.850. The Balaban J connectivity index is 1.95. The van der Waals surface area contributed by atoms with E-state index in [1.807, 2.05) is 0 Å². The van der Waals surface area contributed by atoms with E-state index in [0.29, 0.717) is 0 Å². The fraction of sp³-hybridized carbons (Fsp3) is 0.400. The van der Waals surface area contributed by atoms with E-state index >= 15 is 0 Å². The van der Waals surface area contributed by atoms with Gasteiger partial charge in [-0.2, -0.15) is 18.3 Å². The summed E-state index contributed by atoms with van der Waals surface area (Å²) in [7, 11) is 1.51. The summed E-state index contributed by atoms with van der Waals surface area (Å²) in [5.74, 6) is 0.0758. The van der Waals surface area contributed by atoms with Crippen LogP contribution in [0.4, 0.5) is 24.7 Å². The first-order chi connectivity index (χ1) is 12.1. The predicted octanol–water partition coefficient (Wildman–Crippen LogP) is 2.51. The van der Waals surface area contributed by atoms with E-state index in [1.165, 1.54) is 30.8 Å². The van der Waals surface area contributed by atoms with Gasteiger partial charge in [-0.1, -0.05) is 6.07 Å². The minimum Gasteiger partial charge on any atom is -0.491 e. The number of aromatic nitrogens is 2. The van der Waals surface area contributed by atoms with Crippen LogP contribution in [0.3, 0.4) is 0 Å². The van der Waals surface area contributed by atoms with Crippen LogP contribution in [0.15, 0.2) is 24.3 Å². The molecule has 2 rings (SSSR count). The number of alkyl halides is 3. The van der Waals surface area contributed by atoms with Crippen molar-refractivity contribution in [2.24, 2.45) is 7.05 Å². The second-order valence-electron chi connectivity index (χ2n) is 5.53. The fourth-order valence-corrected chi connectivity index (χ4v) is 2.29. The number of nitro groups is 1. The van der Waals surface area contributed by atoms with Crippen LogP contribution in [0.5, 0.6) is 5.75 Å². The summed E-state index contributed by atoms with van der Waals surface area (Å²) in [4.78, 5) is 10.5. The maximum absolute atomic E-state index is 12.6. The zero-order chi connectivity index (χ0) is 19.5. The summed E-state index contributed by atoms with van der Waals surface area (Å²) < 4.78 is 44.4. The number of anilines is 1. The van der Waals surface area contributed by atoms with Crippen molar-refractivity contribution in [3.63, 3.8) is 0 Å². The molecular weight excluding hydrogens is 357 g/mol. The minimum absolute atomic E-state index is 0.0405. The third-order valence-electron chi connectivity index (χ3n) is 3.48. The van der Waals surface area contributed by atoms with Crippen LogP contribution >= 0.6 is 0 Å². The van der Waals surface area contributed by atoms with Gasteiger partial charge in [0.25, 0.3) is 0 Å². The lowest BCUT2D eigenvalue weighted by Crippen LogP contribution is -2.27. The SMILES string of the molecule is Cc1nn(C)c(NC[C@@H](O)COc2cccc(C(F)(F)F)c2)c1[N+](=O)[O-]. The molecule has 0 fully saturated rings. The van der Waals surface area contributed by atoms with E-state index in [9.17, 15) is 28.4 Å². The highest BCUT2D eigenvalue weighted by molar-refractivity contribution is 5.59. The van der Waals surface area contributed by atoms with Gasteiger partial charge in [-0.3, -0.25) is 10.1 Å². The normalized spacial score (nSPS) is 12.7. The fourth-order valence-electron chi connectivity index (χ4n) is 2.29. The Kier molecular flexibility index (Phi) is 5.70. The highest BCUT2D eigenvalue weighted by Crippen LogP contribution is 2.31. The molecule has 0 saturated carbocycles. The minimum atomic E-state index is -4.49. The molecule has 1 atom stereocenters. The Morgan fingerprint density at radius 2 is 2.15 bits per heavy atom. The Labute approximate surface area is 146 Å². The van der Waals surface area contributed by atoms with E-state index in [0.717, 1.165) is 12.1 Å². The van der Waals surface area contributed by atoms with Crippen LogP contribution in [-0.2, 0) is 13.2 Å². The zero-order valence-electron chi connectivity index (χ0n) is 13.9. The van der Waals surface area contributed by atoms with Gasteiger partial charge in [0.05, 0.1) is 10.5 Å². The molecule has 0 radical (unpaired) electrons. The van der Waals surface area contributed by atoms with Gasteiger partial charge in [-0.15, -0.1) is 0 Å². The van der Waals surface area contributed by atoms with Crippen molar-refractivity contribution in [2.75, 3.05) is 18.5 Å². The molecule has 0 aliphatic carbocycles. The third-order valence-corrected chi connectivity index (χ3v) is 3.48. The number of rotatable bonds is 7. The van der Waals surface area contributed by atoms with Crippen molar-refractivity contribution in [2.45, 2.75) is 19.2 Å². The molecule has 0 aliphatic heterocycles. The molecule has 11 heteroatoms. The maximum Gasteiger partial charge on any atom is 0.416 e. The molecule has 0 saturated heterocycles. The summed E-state index contributed by atoms with van der Waals surface area (Å²) in [6, 6.07) is 4.28. The van der Waals surface area contributed by atoms with Crippen molar-refractivity contribution < 1.29 is 27.9 Å². The van der Waals surface area contributed by atoms with E-state index in [1.54, 1.807) is 0 Å². The molecule has 1 heterocycles. The molecule has 1 aromatic heterocycles. The monoisotopic (exact) mass is 374 g/mol. The van der Waals surface area contributed by atoms with Crippen molar-refractivity contribution in [1.82, 2.24) is 9.78 Å². The Morgan fingerprint density at radius 1 is 1.46 bits per heavy atom. The largest absolute Gasteiger partial charge is 0.491 e. The topological polar surface area (TPSA) is 102 Å². The van der Waals surface area contributed by atoms with E-state index in [4.69, 9.17) is 4.74 Å². The lowest BCUT2D eigenvalue weighted by atomic mass is 10.2. The van der Waals surface area contributed by atoms with Gasteiger partial charge < -0.3 is 15.2 Å². The molecule has 0 aliphatic rings. The van der Waals surface area contributed by atoms with Gasteiger partial charge in [0.2, 0.25) is 5.82 Å². The molecule has 1 aromatic carbocycles. The lowest BCUT2D eigenvalue weighted by Gasteiger charge is -2.15. The van der Waals surface area contributed by atoms with Crippen LogP contribution in [-0.4, -0.2) is 39.1 Å². The maximum atomic E-state index is 12.6. The number of ether oxygens (including phenoxy) is 1. The second kappa shape index (κ2) is 7.60. The standard InChI is InChI=1S/C15H17F3N4O4/c1-9-13(22(24)25)14(21(2)20-9)19-7-11(23)8-26-12-5-3-4-10(6-12)15(16,17)18/h3-6,11,19,23H,7-8H2,1-2H3/t11-/m1/s1. The number of nitrogens with zero attached hydrogens (tertiary/aromatic N) is 3. The Morgan fingerprint density at radius 3 is 2.77 bits per heavy atom. The van der Waals surface area contributed by atoms with Gasteiger partial charge in [-0.25, -0.2) is 4.68 Å². The number of aliphatic hydroxyl groups is 1. The van der Waals surface area contributed by atoms with Crippen molar-refractivity contribution in [1.29, 1.82) is 0 Å². The average Bonchev–Trinajstić information content (AvgIpc) is 2.84. The van der Waals surface area contributed by atoms with E-state index in [2.05, 4.69) is 10.4 Å². The van der Waals surface area contributed by atoms with Crippen LogP contribution in [0.1, 0.15) is 11.3 Å². The highest BCUT2D eigenvalue weighted by Gasteiger charge is 2.30. The zero-order valence-corrected chi connectivity index (χ0v) is 13.9. The summed E-state index contributed by atoms with van der Waals surface area (Å²) in [6.07, 6.45) is -5.60. The number of benzene rings is 1. The Bertz CT molecular complexity index is 792. The smallest absolute Gasteiger partial charge is 0.416 e. The number of aliphatic hydroxyl groups excluding tert-OH is 1. The first kappa shape index (κ1) is 19.5. The van der Waals surface area contributed by atoms with Crippen LogP contribution in [0.25, 0.3) is 0 Å². The van der Waals surface area contributed by atoms with Crippen molar-refractivity contribution >= 4 is 11.5 Å². The van der Waals surface area contributed by atoms with Crippen LogP contribution < -0.4 is 10.1 Å². The summed E-state index contributed by atoms with van der Waals surface area (Å²) >= 11 is 0. The average molecular weight is 374 g/mol. The van der Waals surface area contributed by atoms with Gasteiger partial charge in [-0.05, 0) is 25.1 Å². The Hall–Kier alpha value is -2.82. The van der Waals surface area contributed by atoms with Crippen molar-refractivity contribution in [3.05, 3.63) is 45.6 Å². The molecule has 0 unspecified atom stereocenters. The van der Waals surface area contributed by atoms with E-state index < -0.39 is 22.8 Å². The van der Waals surface area contributed by atoms with Crippen LogP contribution in [0.2, 0.25) is 0 Å². The number of aryl methyl sites for hydroxylation is 2. The van der Waals surface area contributed by atoms with Gasteiger partial charge in [0.15, 0.2) is 0 Å². The highest BCUT2D eigenvalue weighted by atomic mass is 19.4. The molecular formula is C15H17F3N4O4. The molecule has 0 spiro atoms. The molecule has 0 bridgehead atoms. The molecule has 142 valence electrons. The quantitative estimate of drug-likeness (QED) is 0.570. The van der Waals surface area contributed by atoms with Crippen LogP contribution in [0, 0.1) is 17.0 Å². The number of nitrogens with one attached hydrogen (secondary N) is 1. The van der Waals surface area contributed by atoms with Gasteiger partial charge >= 0.3 is 11.9 Å². The first-order valence-electron chi connectivity index (χ1n) is 7.49. The summed E-state index contributed by atoms with van der Waals surface area (Å²) in [6.45, 7) is 1.08. The second-order valence-corrected chi connectivity index (χ2v) is 5.53. The number of halogens is 3. The van der Waals surface area contributed by atoms with Gasteiger partial charge in [0, 0.05) is 13.6 Å². The molecule has 2 N–H and O–H groups in total. The lowest BCUT2D eigenvalue weighted by molar-refractivity contribution is -0.384. The first-order valence-corrected chi connectivity index (χ1v) is 7.49. The van der Waals surface area contributed by atoms with Gasteiger partial charge in [0.1, 0.15) is 24.2 Å².